The maximum absolute atomic E-state index is 13.3. The standard InChI is InChI=1S/C9H2BrCl3FN3O/c10-3-1-4(11)5(14)2-6(3)18-8-7(12)16-17-9(13)15-8/h1-2H. The third-order valence-corrected chi connectivity index (χ3v) is 3.08. The minimum absolute atomic E-state index is 0.0424. The molecule has 0 unspecified atom stereocenters. The summed E-state index contributed by atoms with van der Waals surface area (Å²) in [5.41, 5.74) is 0. The van der Waals surface area contributed by atoms with Gasteiger partial charge in [-0.2, -0.15) is 4.98 Å². The average Bonchev–Trinajstić information content (AvgIpc) is 2.30. The number of ether oxygens (including phenoxy) is 1. The summed E-state index contributed by atoms with van der Waals surface area (Å²) in [5, 5.41) is 6.65. The van der Waals surface area contributed by atoms with Crippen LogP contribution in [0, 0.1) is 5.82 Å². The van der Waals surface area contributed by atoms with Crippen LogP contribution in [0.25, 0.3) is 0 Å². The van der Waals surface area contributed by atoms with Gasteiger partial charge in [0.1, 0.15) is 11.6 Å². The van der Waals surface area contributed by atoms with Crippen LogP contribution in [0.2, 0.25) is 15.5 Å². The van der Waals surface area contributed by atoms with Gasteiger partial charge in [-0.1, -0.05) is 23.2 Å². The molecule has 0 aliphatic carbocycles. The van der Waals surface area contributed by atoms with Crippen LogP contribution in [-0.4, -0.2) is 15.2 Å². The molecule has 0 spiro atoms. The molecule has 2 aromatic rings. The first-order valence-electron chi connectivity index (χ1n) is 4.35. The Morgan fingerprint density at radius 3 is 2.61 bits per heavy atom. The molecule has 9 heteroatoms. The molecule has 94 valence electrons. The van der Waals surface area contributed by atoms with Gasteiger partial charge in [-0.15, -0.1) is 10.2 Å². The number of nitrogens with zero attached hydrogens (tertiary/aromatic N) is 3. The van der Waals surface area contributed by atoms with E-state index in [1.165, 1.54) is 6.07 Å². The number of hydrogen-bond acceptors (Lipinski definition) is 4. The fourth-order valence-electron chi connectivity index (χ4n) is 1.03. The summed E-state index contributed by atoms with van der Waals surface area (Å²) in [4.78, 5) is 3.72. The largest absolute Gasteiger partial charge is 0.435 e. The minimum Gasteiger partial charge on any atom is -0.435 e. The first-order valence-corrected chi connectivity index (χ1v) is 6.28. The zero-order chi connectivity index (χ0) is 13.3. The molecule has 0 bridgehead atoms. The molecule has 2 rings (SSSR count). The molecule has 0 radical (unpaired) electrons. The van der Waals surface area contributed by atoms with Gasteiger partial charge in [0.05, 0.1) is 9.50 Å². The van der Waals surface area contributed by atoms with Crippen LogP contribution in [0.1, 0.15) is 0 Å². The number of hydrogen-bond donors (Lipinski definition) is 0. The lowest BCUT2D eigenvalue weighted by molar-refractivity contribution is 0.450. The van der Waals surface area contributed by atoms with E-state index in [2.05, 4.69) is 31.1 Å². The molecule has 18 heavy (non-hydrogen) atoms. The summed E-state index contributed by atoms with van der Waals surface area (Å²) in [6, 6.07) is 2.43. The predicted molar refractivity (Wildman–Crippen MR) is 69.0 cm³/mol. The quantitative estimate of drug-likeness (QED) is 0.726. The smallest absolute Gasteiger partial charge is 0.262 e. The molecule has 0 fully saturated rings. The third-order valence-electron chi connectivity index (χ3n) is 1.77. The monoisotopic (exact) mass is 371 g/mol. The van der Waals surface area contributed by atoms with Gasteiger partial charge in [0.2, 0.25) is 10.4 Å². The highest BCUT2D eigenvalue weighted by Crippen LogP contribution is 2.34. The maximum atomic E-state index is 13.3. The molecular weight excluding hydrogens is 371 g/mol. The Morgan fingerprint density at radius 2 is 1.89 bits per heavy atom. The third kappa shape index (κ3) is 3.00. The number of halogens is 5. The van der Waals surface area contributed by atoms with Gasteiger partial charge in [0.25, 0.3) is 5.88 Å². The summed E-state index contributed by atoms with van der Waals surface area (Å²) >= 11 is 20.0. The van der Waals surface area contributed by atoms with E-state index in [-0.39, 0.29) is 27.1 Å². The molecule has 1 aromatic carbocycles. The molecular formula is C9H2BrCl3FN3O. The first kappa shape index (κ1) is 13.7. The zero-order valence-electron chi connectivity index (χ0n) is 8.29. The van der Waals surface area contributed by atoms with Gasteiger partial charge < -0.3 is 4.74 Å². The van der Waals surface area contributed by atoms with E-state index in [0.717, 1.165) is 6.07 Å². The number of rotatable bonds is 2. The predicted octanol–water partition coefficient (Wildman–Crippen LogP) is 4.53. The molecule has 0 aliphatic heterocycles. The Balaban J connectivity index is 2.40. The second-order valence-electron chi connectivity index (χ2n) is 2.98. The Labute approximate surface area is 124 Å². The lowest BCUT2D eigenvalue weighted by Crippen LogP contribution is -1.96. The Morgan fingerprint density at radius 1 is 1.17 bits per heavy atom. The van der Waals surface area contributed by atoms with Crippen molar-refractivity contribution in [1.82, 2.24) is 15.2 Å². The fraction of sp³-hybridized carbons (Fsp3) is 0. The highest BCUT2D eigenvalue weighted by Gasteiger charge is 2.13. The highest BCUT2D eigenvalue weighted by atomic mass is 79.9. The van der Waals surface area contributed by atoms with Crippen LogP contribution < -0.4 is 4.74 Å². The van der Waals surface area contributed by atoms with Gasteiger partial charge in [0.15, 0.2) is 0 Å². The molecule has 0 aliphatic rings. The Bertz CT molecular complexity index is 614. The molecule has 0 saturated heterocycles. The van der Waals surface area contributed by atoms with Crippen LogP contribution in [0.5, 0.6) is 11.6 Å². The van der Waals surface area contributed by atoms with Crippen LogP contribution in [-0.2, 0) is 0 Å². The lowest BCUT2D eigenvalue weighted by atomic mass is 10.3. The van der Waals surface area contributed by atoms with Gasteiger partial charge in [-0.25, -0.2) is 4.39 Å². The van der Waals surface area contributed by atoms with E-state index in [0.29, 0.717) is 4.47 Å². The van der Waals surface area contributed by atoms with Crippen LogP contribution in [0.15, 0.2) is 16.6 Å². The molecule has 0 saturated carbocycles. The molecule has 0 N–H and O–H groups in total. The molecule has 0 amide bonds. The van der Waals surface area contributed by atoms with Gasteiger partial charge >= 0.3 is 0 Å². The van der Waals surface area contributed by atoms with Crippen molar-refractivity contribution in [2.45, 2.75) is 0 Å². The maximum Gasteiger partial charge on any atom is 0.262 e. The van der Waals surface area contributed by atoms with E-state index in [4.69, 9.17) is 39.5 Å². The zero-order valence-corrected chi connectivity index (χ0v) is 12.1. The van der Waals surface area contributed by atoms with Gasteiger partial charge in [-0.3, -0.25) is 0 Å². The molecule has 1 aromatic heterocycles. The van der Waals surface area contributed by atoms with Gasteiger partial charge in [0, 0.05) is 6.07 Å². The van der Waals surface area contributed by atoms with Crippen molar-refractivity contribution in [1.29, 1.82) is 0 Å². The van der Waals surface area contributed by atoms with E-state index in [1.807, 2.05) is 0 Å². The number of aromatic nitrogens is 3. The summed E-state index contributed by atoms with van der Waals surface area (Å²) in [5.74, 6) is -0.589. The summed E-state index contributed by atoms with van der Waals surface area (Å²) < 4.78 is 19.0. The van der Waals surface area contributed by atoms with Crippen molar-refractivity contribution in [3.8, 4) is 11.6 Å². The summed E-state index contributed by atoms with van der Waals surface area (Å²) in [7, 11) is 0. The topological polar surface area (TPSA) is 47.9 Å². The van der Waals surface area contributed by atoms with E-state index in [1.54, 1.807) is 0 Å². The fourth-order valence-corrected chi connectivity index (χ4v) is 1.98. The van der Waals surface area contributed by atoms with Crippen molar-refractivity contribution in [3.63, 3.8) is 0 Å². The van der Waals surface area contributed by atoms with Crippen LogP contribution >= 0.6 is 50.7 Å². The van der Waals surface area contributed by atoms with Crippen molar-refractivity contribution in [3.05, 3.63) is 37.9 Å². The first-order chi connectivity index (χ1) is 8.47. The number of benzene rings is 1. The van der Waals surface area contributed by atoms with Crippen molar-refractivity contribution < 1.29 is 9.13 Å². The minimum atomic E-state index is -0.640. The van der Waals surface area contributed by atoms with E-state index in [9.17, 15) is 4.39 Å². The molecule has 4 nitrogen and oxygen atoms in total. The average molecular weight is 373 g/mol. The van der Waals surface area contributed by atoms with E-state index < -0.39 is 5.82 Å². The van der Waals surface area contributed by atoms with Gasteiger partial charge in [-0.05, 0) is 33.6 Å². The highest BCUT2D eigenvalue weighted by molar-refractivity contribution is 9.10. The Hall–Kier alpha value is -0.690. The Kier molecular flexibility index (Phi) is 4.21. The summed E-state index contributed by atoms with van der Waals surface area (Å²) in [6.07, 6.45) is 0. The normalized spacial score (nSPS) is 10.5. The second-order valence-corrected chi connectivity index (χ2v) is 4.93. The SMILES string of the molecule is Fc1cc(Oc2nc(Cl)nnc2Cl)c(Br)cc1Cl. The van der Waals surface area contributed by atoms with E-state index >= 15 is 0 Å². The van der Waals surface area contributed by atoms with Crippen molar-refractivity contribution >= 4 is 50.7 Å². The molecule has 1 heterocycles. The van der Waals surface area contributed by atoms with Crippen molar-refractivity contribution in [2.75, 3.05) is 0 Å². The second kappa shape index (κ2) is 5.52. The van der Waals surface area contributed by atoms with Crippen LogP contribution in [0.4, 0.5) is 4.39 Å². The molecule has 0 atom stereocenters. The van der Waals surface area contributed by atoms with Crippen LogP contribution in [0.3, 0.4) is 0 Å². The van der Waals surface area contributed by atoms with Crippen molar-refractivity contribution in [2.24, 2.45) is 0 Å². The summed E-state index contributed by atoms with van der Waals surface area (Å²) in [6.45, 7) is 0. The lowest BCUT2D eigenvalue weighted by Gasteiger charge is -2.08.